The number of hydrogen-bond acceptors (Lipinski definition) is 5. The smallest absolute Gasteiger partial charge is 0.338 e. The first-order valence-corrected chi connectivity index (χ1v) is 16.3. The Kier molecular flexibility index (Phi) is 7.66. The van der Waals surface area contributed by atoms with Crippen molar-refractivity contribution in [3.05, 3.63) is 48.0 Å². The van der Waals surface area contributed by atoms with Gasteiger partial charge in [-0.2, -0.15) is 0 Å². The Labute approximate surface area is 246 Å². The van der Waals surface area contributed by atoms with E-state index in [0.29, 0.717) is 41.1 Å². The average Bonchev–Trinajstić information content (AvgIpc) is 3.41. The second kappa shape index (κ2) is 10.8. The van der Waals surface area contributed by atoms with Crippen LogP contribution in [0.2, 0.25) is 0 Å². The number of carbonyl (C=O) groups is 2. The number of esters is 2. The molecule has 0 aromatic heterocycles. The molecule has 1 aromatic rings. The molecule has 4 saturated carbocycles. The summed E-state index contributed by atoms with van der Waals surface area (Å²) in [6.45, 7) is 15.1. The van der Waals surface area contributed by atoms with Crippen LogP contribution in [-0.4, -0.2) is 36.4 Å². The van der Waals surface area contributed by atoms with E-state index in [-0.39, 0.29) is 47.2 Å². The number of allylic oxidation sites excluding steroid dienone is 1. The van der Waals surface area contributed by atoms with Crippen LogP contribution in [0.3, 0.4) is 0 Å². The van der Waals surface area contributed by atoms with E-state index in [4.69, 9.17) is 14.2 Å². The molecule has 224 valence electrons. The fourth-order valence-electron chi connectivity index (χ4n) is 10.8. The number of ether oxygens (including phenoxy) is 3. The van der Waals surface area contributed by atoms with Crippen molar-refractivity contribution in [2.24, 2.45) is 46.3 Å². The summed E-state index contributed by atoms with van der Waals surface area (Å²) in [5.41, 5.74) is 1.91. The van der Waals surface area contributed by atoms with E-state index in [1.165, 1.54) is 25.3 Å². The van der Waals surface area contributed by atoms with E-state index in [0.717, 1.165) is 44.9 Å². The van der Waals surface area contributed by atoms with E-state index in [9.17, 15) is 9.59 Å². The van der Waals surface area contributed by atoms with Gasteiger partial charge in [0.25, 0.3) is 0 Å². The van der Waals surface area contributed by atoms with Crippen LogP contribution in [0.4, 0.5) is 0 Å². The number of rotatable bonds is 6. The Balaban J connectivity index is 1.31. The highest BCUT2D eigenvalue weighted by atomic mass is 16.5. The zero-order chi connectivity index (χ0) is 29.1. The van der Waals surface area contributed by atoms with E-state index in [2.05, 4.69) is 34.3 Å². The molecule has 12 atom stereocenters. The Morgan fingerprint density at radius 1 is 1.00 bits per heavy atom. The predicted octanol–water partition coefficient (Wildman–Crippen LogP) is 7.78. The first-order chi connectivity index (χ1) is 19.5. The summed E-state index contributed by atoms with van der Waals surface area (Å²) in [4.78, 5) is 25.4. The van der Waals surface area contributed by atoms with Crippen LogP contribution in [-0.2, 0) is 19.0 Å². The quantitative estimate of drug-likeness (QED) is 0.262. The molecule has 5 unspecified atom stereocenters. The SMILES string of the molecule is C=C(C)CC[C@H]1O[C@H]2CC3C4CCC5C[C@@H](OC(C)=O)CC[C@]5(C)C4C[C@@H](OC(=O)c4ccccc4)[C@]3(C)C2[C@@H]1C. The van der Waals surface area contributed by atoms with Crippen LogP contribution in [0.5, 0.6) is 0 Å². The third-order valence-electron chi connectivity index (χ3n) is 12.7. The highest BCUT2D eigenvalue weighted by Gasteiger charge is 2.69. The van der Waals surface area contributed by atoms with Gasteiger partial charge in [0.1, 0.15) is 12.2 Å². The van der Waals surface area contributed by atoms with Crippen LogP contribution in [0.25, 0.3) is 0 Å². The standard InChI is InChI=1S/C36H50O5/c1-21(2)12-15-30-22(3)33-31(40-30)19-29-27-14-13-25-18-26(39-23(4)37)16-17-35(25,5)28(27)20-32(36(29,33)6)41-34(38)24-10-8-7-9-11-24/h7-11,22,25-33H,1,12-20H2,2-6H3/t22-,25?,26+,27?,28?,29?,30-,31+,32-,33?,35+,36-/m1/s1. The maximum Gasteiger partial charge on any atom is 0.338 e. The molecule has 41 heavy (non-hydrogen) atoms. The largest absolute Gasteiger partial charge is 0.463 e. The van der Waals surface area contributed by atoms with Crippen molar-refractivity contribution in [3.63, 3.8) is 0 Å². The monoisotopic (exact) mass is 562 g/mol. The Morgan fingerprint density at radius 3 is 2.46 bits per heavy atom. The van der Waals surface area contributed by atoms with E-state index in [1.54, 1.807) is 0 Å². The Morgan fingerprint density at radius 2 is 1.76 bits per heavy atom. The fourth-order valence-corrected chi connectivity index (χ4v) is 10.8. The molecule has 1 aromatic carbocycles. The van der Waals surface area contributed by atoms with Gasteiger partial charge in [-0.25, -0.2) is 4.79 Å². The Bertz CT molecular complexity index is 1160. The lowest BCUT2D eigenvalue weighted by Gasteiger charge is -2.62. The molecular formula is C36H50O5. The van der Waals surface area contributed by atoms with Crippen LogP contribution >= 0.6 is 0 Å². The molecule has 0 bridgehead atoms. The molecular weight excluding hydrogens is 512 g/mol. The van der Waals surface area contributed by atoms with Gasteiger partial charge in [0.2, 0.25) is 0 Å². The lowest BCUT2D eigenvalue weighted by molar-refractivity contribution is -0.181. The van der Waals surface area contributed by atoms with Gasteiger partial charge < -0.3 is 14.2 Å². The van der Waals surface area contributed by atoms with Crippen LogP contribution in [0.1, 0.15) is 103 Å². The summed E-state index contributed by atoms with van der Waals surface area (Å²) >= 11 is 0. The molecule has 1 heterocycles. The van der Waals surface area contributed by atoms with Gasteiger partial charge in [0.15, 0.2) is 0 Å². The Hall–Kier alpha value is -2.14. The molecule has 6 rings (SSSR count). The summed E-state index contributed by atoms with van der Waals surface area (Å²) in [6, 6.07) is 9.51. The van der Waals surface area contributed by atoms with Gasteiger partial charge >= 0.3 is 11.9 Å². The zero-order valence-electron chi connectivity index (χ0n) is 25.8. The normalized spacial score (nSPS) is 44.6. The minimum atomic E-state index is -0.195. The molecule has 5 fully saturated rings. The molecule has 5 aliphatic rings. The van der Waals surface area contributed by atoms with E-state index >= 15 is 0 Å². The number of hydrogen-bond donors (Lipinski definition) is 0. The third-order valence-corrected chi connectivity index (χ3v) is 12.7. The average molecular weight is 563 g/mol. The van der Waals surface area contributed by atoms with Gasteiger partial charge in [0.05, 0.1) is 17.8 Å². The maximum absolute atomic E-state index is 13.6. The molecule has 5 nitrogen and oxygen atoms in total. The van der Waals surface area contributed by atoms with E-state index < -0.39 is 0 Å². The van der Waals surface area contributed by atoms with Crippen molar-refractivity contribution < 1.29 is 23.8 Å². The third kappa shape index (κ3) is 4.88. The maximum atomic E-state index is 13.6. The highest BCUT2D eigenvalue weighted by Crippen LogP contribution is 2.70. The highest BCUT2D eigenvalue weighted by molar-refractivity contribution is 5.89. The predicted molar refractivity (Wildman–Crippen MR) is 159 cm³/mol. The summed E-state index contributed by atoms with van der Waals surface area (Å²) in [5.74, 6) is 2.60. The molecule has 1 saturated heterocycles. The van der Waals surface area contributed by atoms with Crippen LogP contribution in [0, 0.1) is 46.3 Å². The minimum absolute atomic E-state index is 0.0407. The van der Waals surface area contributed by atoms with E-state index in [1.807, 2.05) is 30.3 Å². The molecule has 0 radical (unpaired) electrons. The van der Waals surface area contributed by atoms with Crippen molar-refractivity contribution in [1.82, 2.24) is 0 Å². The first kappa shape index (κ1) is 29.0. The lowest BCUT2D eigenvalue weighted by Crippen LogP contribution is -2.60. The van der Waals surface area contributed by atoms with Crippen molar-refractivity contribution in [2.75, 3.05) is 0 Å². The second-order valence-corrected chi connectivity index (χ2v) is 14.9. The van der Waals surface area contributed by atoms with Crippen molar-refractivity contribution in [3.8, 4) is 0 Å². The van der Waals surface area contributed by atoms with Gasteiger partial charge in [-0.05, 0) is 118 Å². The topological polar surface area (TPSA) is 61.8 Å². The number of carbonyl (C=O) groups excluding carboxylic acids is 2. The molecule has 0 N–H and O–H groups in total. The summed E-state index contributed by atoms with van der Waals surface area (Å²) in [5, 5.41) is 0. The van der Waals surface area contributed by atoms with Gasteiger partial charge in [-0.15, -0.1) is 6.58 Å². The van der Waals surface area contributed by atoms with Crippen molar-refractivity contribution in [2.45, 2.75) is 117 Å². The van der Waals surface area contributed by atoms with Gasteiger partial charge in [-0.1, -0.05) is 44.5 Å². The van der Waals surface area contributed by atoms with Crippen LogP contribution in [0.15, 0.2) is 42.5 Å². The lowest BCUT2D eigenvalue weighted by atomic mass is 9.43. The zero-order valence-corrected chi connectivity index (χ0v) is 25.8. The fraction of sp³-hybridized carbons (Fsp3) is 0.722. The van der Waals surface area contributed by atoms with Gasteiger partial charge in [0, 0.05) is 12.3 Å². The minimum Gasteiger partial charge on any atom is -0.463 e. The molecule has 0 spiro atoms. The number of fused-ring (bicyclic) bond motifs is 7. The van der Waals surface area contributed by atoms with Crippen LogP contribution < -0.4 is 0 Å². The molecule has 5 heteroatoms. The first-order valence-electron chi connectivity index (χ1n) is 16.3. The van der Waals surface area contributed by atoms with Gasteiger partial charge in [-0.3, -0.25) is 4.79 Å². The second-order valence-electron chi connectivity index (χ2n) is 14.9. The van der Waals surface area contributed by atoms with Crippen molar-refractivity contribution in [1.29, 1.82) is 0 Å². The summed E-state index contributed by atoms with van der Waals surface area (Å²) in [7, 11) is 0. The molecule has 0 amide bonds. The van der Waals surface area contributed by atoms with Crippen molar-refractivity contribution >= 4 is 11.9 Å². The summed E-state index contributed by atoms with van der Waals surface area (Å²) < 4.78 is 19.2. The molecule has 1 aliphatic heterocycles. The summed E-state index contributed by atoms with van der Waals surface area (Å²) in [6.07, 6.45) is 9.78. The molecule has 4 aliphatic carbocycles. The number of benzene rings is 1.